The van der Waals surface area contributed by atoms with Crippen LogP contribution in [0.1, 0.15) is 12.8 Å². The number of aliphatic hydroxyl groups is 1. The van der Waals surface area contributed by atoms with E-state index < -0.39 is 23.4 Å². The van der Waals surface area contributed by atoms with Gasteiger partial charge in [-0.1, -0.05) is 15.9 Å². The molecule has 0 saturated carbocycles. The van der Waals surface area contributed by atoms with Crippen LogP contribution in [0.2, 0.25) is 0 Å². The summed E-state index contributed by atoms with van der Waals surface area (Å²) in [7, 11) is 0. The summed E-state index contributed by atoms with van der Waals surface area (Å²) in [5.74, 6) is -1.69. The van der Waals surface area contributed by atoms with Crippen LogP contribution in [0.5, 0.6) is 0 Å². The van der Waals surface area contributed by atoms with Gasteiger partial charge in [-0.05, 0) is 25.0 Å². The molecule has 7 heteroatoms. The number of rotatable bonds is 2. The molecule has 1 aliphatic heterocycles. The van der Waals surface area contributed by atoms with Gasteiger partial charge < -0.3 is 15.3 Å². The van der Waals surface area contributed by atoms with Crippen molar-refractivity contribution in [3.05, 3.63) is 28.2 Å². The van der Waals surface area contributed by atoms with Crippen molar-refractivity contribution in [2.24, 2.45) is 0 Å². The Morgan fingerprint density at radius 3 is 2.68 bits per heavy atom. The van der Waals surface area contributed by atoms with Crippen LogP contribution in [-0.2, 0) is 0 Å². The summed E-state index contributed by atoms with van der Waals surface area (Å²) in [4.78, 5) is 13.3. The number of nitrogens with one attached hydrogen (secondary N) is 1. The molecule has 2 amide bonds. The number of halogens is 3. The molecule has 1 fully saturated rings. The molecule has 19 heavy (non-hydrogen) atoms. The van der Waals surface area contributed by atoms with Gasteiger partial charge in [0.2, 0.25) is 0 Å². The Hall–Kier alpha value is -1.21. The Morgan fingerprint density at radius 2 is 2.11 bits per heavy atom. The zero-order valence-corrected chi connectivity index (χ0v) is 11.6. The summed E-state index contributed by atoms with van der Waals surface area (Å²) >= 11 is 2.96. The molecule has 1 aliphatic rings. The quantitative estimate of drug-likeness (QED) is 0.873. The number of aliphatic hydroxyl groups excluding tert-OH is 1. The molecule has 1 atom stereocenters. The van der Waals surface area contributed by atoms with Crippen molar-refractivity contribution in [1.29, 1.82) is 0 Å². The second-order valence-corrected chi connectivity index (χ2v) is 5.26. The van der Waals surface area contributed by atoms with Gasteiger partial charge in [0.15, 0.2) is 11.6 Å². The molecule has 0 aliphatic carbocycles. The molecule has 0 radical (unpaired) electrons. The average molecular weight is 335 g/mol. The lowest BCUT2D eigenvalue weighted by Gasteiger charge is -2.23. The minimum absolute atomic E-state index is 0.154. The van der Waals surface area contributed by atoms with Gasteiger partial charge in [-0.15, -0.1) is 0 Å². The minimum atomic E-state index is -0.847. The predicted octanol–water partition coefficient (Wildman–Crippen LogP) is 2.72. The molecule has 1 unspecified atom stereocenters. The van der Waals surface area contributed by atoms with Crippen LogP contribution in [0.25, 0.3) is 0 Å². The largest absolute Gasteiger partial charge is 0.394 e. The third-order valence-corrected chi connectivity index (χ3v) is 3.55. The first-order valence-electron chi connectivity index (χ1n) is 5.86. The molecule has 0 aromatic heterocycles. The Kier molecular flexibility index (Phi) is 4.36. The van der Waals surface area contributed by atoms with Crippen molar-refractivity contribution in [2.45, 2.75) is 18.9 Å². The second kappa shape index (κ2) is 5.83. The van der Waals surface area contributed by atoms with Gasteiger partial charge in [-0.3, -0.25) is 0 Å². The van der Waals surface area contributed by atoms with E-state index >= 15 is 0 Å². The summed E-state index contributed by atoms with van der Waals surface area (Å²) in [5, 5.41) is 11.3. The van der Waals surface area contributed by atoms with Crippen molar-refractivity contribution in [3.8, 4) is 0 Å². The second-order valence-electron chi connectivity index (χ2n) is 4.35. The fourth-order valence-corrected chi connectivity index (χ4v) is 2.54. The third-order valence-electron chi connectivity index (χ3n) is 3.09. The highest BCUT2D eigenvalue weighted by atomic mass is 79.9. The lowest BCUT2D eigenvalue weighted by molar-refractivity contribution is 0.166. The van der Waals surface area contributed by atoms with Gasteiger partial charge in [-0.25, -0.2) is 13.6 Å². The molecule has 1 aromatic carbocycles. The first kappa shape index (κ1) is 14.2. The van der Waals surface area contributed by atoms with Crippen LogP contribution in [0.3, 0.4) is 0 Å². The first-order chi connectivity index (χ1) is 9.02. The monoisotopic (exact) mass is 334 g/mol. The number of urea groups is 1. The minimum Gasteiger partial charge on any atom is -0.394 e. The highest BCUT2D eigenvalue weighted by molar-refractivity contribution is 9.10. The van der Waals surface area contributed by atoms with Gasteiger partial charge in [-0.2, -0.15) is 0 Å². The standard InChI is InChI=1S/C12H13BrF2N2O2/c13-7-4-9(14)11(10(15)5-7)16-12(19)17-3-1-2-8(17)6-18/h4-5,8,18H,1-3,6H2,(H,16,19). The van der Waals surface area contributed by atoms with E-state index in [1.165, 1.54) is 4.90 Å². The number of hydrogen-bond acceptors (Lipinski definition) is 2. The highest BCUT2D eigenvalue weighted by Gasteiger charge is 2.29. The van der Waals surface area contributed by atoms with Crippen molar-refractivity contribution in [2.75, 3.05) is 18.5 Å². The van der Waals surface area contributed by atoms with E-state index in [2.05, 4.69) is 21.2 Å². The Morgan fingerprint density at radius 1 is 1.47 bits per heavy atom. The molecule has 0 spiro atoms. The van der Waals surface area contributed by atoms with Crippen LogP contribution in [0.15, 0.2) is 16.6 Å². The summed E-state index contributed by atoms with van der Waals surface area (Å²) in [6.45, 7) is 0.315. The van der Waals surface area contributed by atoms with Crippen molar-refractivity contribution < 1.29 is 18.7 Å². The maximum absolute atomic E-state index is 13.6. The van der Waals surface area contributed by atoms with Gasteiger partial charge >= 0.3 is 6.03 Å². The summed E-state index contributed by atoms with van der Waals surface area (Å²) in [6.07, 6.45) is 1.46. The van der Waals surface area contributed by atoms with Gasteiger partial charge in [0, 0.05) is 11.0 Å². The number of carbonyl (C=O) groups is 1. The van der Waals surface area contributed by atoms with Gasteiger partial charge in [0.1, 0.15) is 5.69 Å². The number of benzene rings is 1. The predicted molar refractivity (Wildman–Crippen MR) is 69.9 cm³/mol. The summed E-state index contributed by atoms with van der Waals surface area (Å²) in [6, 6.07) is 1.26. The van der Waals surface area contributed by atoms with E-state index in [0.29, 0.717) is 13.0 Å². The van der Waals surface area contributed by atoms with Crippen LogP contribution >= 0.6 is 15.9 Å². The molecule has 1 heterocycles. The van der Waals surface area contributed by atoms with E-state index in [0.717, 1.165) is 18.6 Å². The van der Waals surface area contributed by atoms with Crippen molar-refractivity contribution in [3.63, 3.8) is 0 Å². The van der Waals surface area contributed by atoms with Crippen molar-refractivity contribution >= 4 is 27.6 Å². The number of amides is 2. The number of anilines is 1. The average Bonchev–Trinajstić information content (AvgIpc) is 2.81. The van der Waals surface area contributed by atoms with Gasteiger partial charge in [0.05, 0.1) is 12.6 Å². The van der Waals surface area contributed by atoms with Crippen LogP contribution in [0.4, 0.5) is 19.3 Å². The number of hydrogen-bond donors (Lipinski definition) is 2. The lowest BCUT2D eigenvalue weighted by Crippen LogP contribution is -2.40. The fraction of sp³-hybridized carbons (Fsp3) is 0.417. The SMILES string of the molecule is O=C(Nc1c(F)cc(Br)cc1F)N1CCCC1CO. The summed E-state index contributed by atoms with van der Waals surface area (Å²) < 4.78 is 27.4. The van der Waals surface area contributed by atoms with Crippen LogP contribution < -0.4 is 5.32 Å². The first-order valence-corrected chi connectivity index (χ1v) is 6.65. The number of carbonyl (C=O) groups excluding carboxylic acids is 1. The highest BCUT2D eigenvalue weighted by Crippen LogP contribution is 2.25. The molecule has 104 valence electrons. The zero-order chi connectivity index (χ0) is 14.0. The number of nitrogens with zero attached hydrogens (tertiary/aromatic N) is 1. The summed E-state index contributed by atoms with van der Waals surface area (Å²) in [5.41, 5.74) is -0.475. The fourth-order valence-electron chi connectivity index (χ4n) is 2.13. The Labute approximate surface area is 117 Å². The molecule has 0 bridgehead atoms. The molecular weight excluding hydrogens is 322 g/mol. The van der Waals surface area contributed by atoms with Crippen molar-refractivity contribution in [1.82, 2.24) is 4.90 Å². The lowest BCUT2D eigenvalue weighted by atomic mass is 10.2. The third kappa shape index (κ3) is 3.03. The maximum Gasteiger partial charge on any atom is 0.322 e. The van der Waals surface area contributed by atoms with E-state index in [-0.39, 0.29) is 17.1 Å². The van der Waals surface area contributed by atoms with Crippen LogP contribution in [0, 0.1) is 11.6 Å². The molecule has 2 rings (SSSR count). The molecule has 1 aromatic rings. The Bertz CT molecular complexity index is 476. The topological polar surface area (TPSA) is 52.6 Å². The molecule has 2 N–H and O–H groups in total. The molecular formula is C12H13BrF2N2O2. The molecule has 1 saturated heterocycles. The van der Waals surface area contributed by atoms with E-state index in [9.17, 15) is 13.6 Å². The Balaban J connectivity index is 2.15. The zero-order valence-electron chi connectivity index (χ0n) is 10.00. The smallest absolute Gasteiger partial charge is 0.322 e. The van der Waals surface area contributed by atoms with E-state index in [1.807, 2.05) is 0 Å². The maximum atomic E-state index is 13.6. The molecule has 4 nitrogen and oxygen atoms in total. The van der Waals surface area contributed by atoms with E-state index in [1.54, 1.807) is 0 Å². The number of likely N-dealkylation sites (tertiary alicyclic amines) is 1. The van der Waals surface area contributed by atoms with Crippen LogP contribution in [-0.4, -0.2) is 35.2 Å². The van der Waals surface area contributed by atoms with E-state index in [4.69, 9.17) is 5.11 Å². The van der Waals surface area contributed by atoms with Gasteiger partial charge in [0.25, 0.3) is 0 Å². The normalized spacial score (nSPS) is 18.7.